The molecule has 1 fully saturated rings. The molecule has 0 bridgehead atoms. The Kier molecular flexibility index (Phi) is 10.8. The Morgan fingerprint density at radius 1 is 1.10 bits per heavy atom. The van der Waals surface area contributed by atoms with E-state index in [0.717, 1.165) is 24.8 Å². The topological polar surface area (TPSA) is 236 Å². The third-order valence-corrected chi connectivity index (χ3v) is 8.15. The van der Waals surface area contributed by atoms with E-state index in [2.05, 4.69) is 20.0 Å². The van der Waals surface area contributed by atoms with Gasteiger partial charge in [0.1, 0.15) is 30.2 Å². The Morgan fingerprint density at radius 2 is 1.85 bits per heavy atom. The highest BCUT2D eigenvalue weighted by Gasteiger charge is 2.45. The van der Waals surface area contributed by atoms with Gasteiger partial charge < -0.3 is 32.2 Å². The summed E-state index contributed by atoms with van der Waals surface area (Å²) in [6, 6.07) is 8.12. The number of aliphatic hydroxyl groups is 2. The number of benzene rings is 1. The molecule has 0 aliphatic carbocycles. The van der Waals surface area contributed by atoms with Crippen LogP contribution in [0.4, 0.5) is 5.82 Å². The first kappa shape index (κ1) is 30.9. The minimum atomic E-state index is -4.25. The Bertz CT molecular complexity index is 1330. The quantitative estimate of drug-likeness (QED) is 0.103. The monoisotopic (exact) mass is 592 g/mol. The van der Waals surface area contributed by atoms with Gasteiger partial charge in [0.25, 0.3) is 0 Å². The minimum absolute atomic E-state index is 0.0392. The van der Waals surface area contributed by atoms with Crippen molar-refractivity contribution < 1.29 is 33.4 Å². The third-order valence-electron chi connectivity index (χ3n) is 6.65. The van der Waals surface area contributed by atoms with Crippen LogP contribution in [0.15, 0.2) is 43.0 Å². The predicted octanol–water partition coefficient (Wildman–Crippen LogP) is 0.374. The number of carbonyl (C=O) groups excluding carboxylic acids is 1. The fraction of sp³-hybridized carbons (Fsp3) is 0.520. The van der Waals surface area contributed by atoms with Crippen LogP contribution >= 0.6 is 7.75 Å². The first-order valence-corrected chi connectivity index (χ1v) is 14.9. The highest BCUT2D eigenvalue weighted by atomic mass is 31.2. The second-order valence-electron chi connectivity index (χ2n) is 9.73. The number of hydrogen-bond donors (Lipinski definition) is 6. The lowest BCUT2D eigenvalue weighted by Crippen LogP contribution is -2.41. The number of anilines is 1. The fourth-order valence-electron chi connectivity index (χ4n) is 4.39. The second kappa shape index (κ2) is 14.2. The van der Waals surface area contributed by atoms with Crippen molar-refractivity contribution >= 4 is 30.6 Å². The lowest BCUT2D eigenvalue weighted by molar-refractivity contribution is -0.121. The number of aliphatic hydroxyl groups excluding tert-OH is 2. The number of unbranched alkanes of at least 4 members (excludes halogenated alkanes) is 3. The van der Waals surface area contributed by atoms with E-state index in [0.29, 0.717) is 24.1 Å². The third kappa shape index (κ3) is 7.84. The van der Waals surface area contributed by atoms with Crippen molar-refractivity contribution in [2.24, 2.45) is 11.5 Å². The van der Waals surface area contributed by atoms with E-state index in [1.54, 1.807) is 0 Å². The van der Waals surface area contributed by atoms with Crippen LogP contribution in [0.1, 0.15) is 37.5 Å². The zero-order valence-electron chi connectivity index (χ0n) is 22.5. The molecule has 9 N–H and O–H groups in total. The number of rotatable bonds is 15. The van der Waals surface area contributed by atoms with Crippen LogP contribution in [0.5, 0.6) is 0 Å². The number of fused-ring (bicyclic) bond motifs is 1. The van der Waals surface area contributed by atoms with E-state index in [4.69, 9.17) is 31.0 Å². The number of nitrogen functional groups attached to an aromatic ring is 1. The van der Waals surface area contributed by atoms with Crippen LogP contribution in [0, 0.1) is 0 Å². The molecule has 1 aliphatic heterocycles. The highest BCUT2D eigenvalue weighted by molar-refractivity contribution is 7.52. The summed E-state index contributed by atoms with van der Waals surface area (Å²) >= 11 is 0. The summed E-state index contributed by atoms with van der Waals surface area (Å²) in [5, 5.41) is 23.7. The first-order valence-electron chi connectivity index (χ1n) is 13.4. The van der Waals surface area contributed by atoms with Gasteiger partial charge >= 0.3 is 7.75 Å². The van der Waals surface area contributed by atoms with E-state index in [-0.39, 0.29) is 18.8 Å². The van der Waals surface area contributed by atoms with Crippen LogP contribution in [0.2, 0.25) is 0 Å². The molecule has 41 heavy (non-hydrogen) atoms. The number of hydrogen-bond acceptors (Lipinski definition) is 13. The molecule has 0 spiro atoms. The normalized spacial score (nSPS) is 22.9. The molecule has 1 aliphatic rings. The molecule has 3 aromatic rings. The standard InChI is InChI=1S/C25H37N8O7P/c26-10-6-1-2-7-11-38-41(37,32-24(36)17(27)12-16-8-4-3-5-9-16)39-13-18-20(34)21(35)25(40-18)33-15-31-19-22(28)29-14-30-23(19)33/h3-5,8-9,14-15,17-18,20-21,25,34-35H,1-2,6-7,10-13,26-27H2,(H2,28,29,30)(H,32,36,37)/t17-,18+,20+,21+,25+,41?/m0/s1. The van der Waals surface area contributed by atoms with Gasteiger partial charge in [0.05, 0.1) is 25.6 Å². The van der Waals surface area contributed by atoms with Crippen molar-refractivity contribution in [2.75, 3.05) is 25.5 Å². The summed E-state index contributed by atoms with van der Waals surface area (Å²) in [5.41, 5.74) is 18.9. The van der Waals surface area contributed by atoms with E-state index < -0.39 is 50.8 Å². The molecular formula is C25H37N8O7P. The van der Waals surface area contributed by atoms with Crippen molar-refractivity contribution in [3.63, 3.8) is 0 Å². The molecule has 1 saturated heterocycles. The molecule has 3 heterocycles. The van der Waals surface area contributed by atoms with Gasteiger partial charge in [0.2, 0.25) is 5.91 Å². The van der Waals surface area contributed by atoms with Crippen LogP contribution in [0.25, 0.3) is 11.2 Å². The Balaban J connectivity index is 1.41. The lowest BCUT2D eigenvalue weighted by Gasteiger charge is -2.23. The summed E-state index contributed by atoms with van der Waals surface area (Å²) in [5.74, 6) is -0.586. The Morgan fingerprint density at radius 3 is 2.61 bits per heavy atom. The molecule has 16 heteroatoms. The minimum Gasteiger partial charge on any atom is -0.387 e. The smallest absolute Gasteiger partial charge is 0.387 e. The average molecular weight is 593 g/mol. The summed E-state index contributed by atoms with van der Waals surface area (Å²) in [6.07, 6.45) is 0.784. The van der Waals surface area contributed by atoms with E-state index in [9.17, 15) is 19.6 Å². The zero-order chi connectivity index (χ0) is 29.4. The SMILES string of the molecule is NCCCCCCOP(=O)(NC(=O)[C@@H](N)Cc1ccccc1)OC[C@H]1O[C@@H](n2cnc3c(N)ncnc32)[C@H](O)[C@@H]1O. The van der Waals surface area contributed by atoms with E-state index in [1.165, 1.54) is 17.2 Å². The Labute approximate surface area is 237 Å². The van der Waals surface area contributed by atoms with Crippen LogP contribution in [0.3, 0.4) is 0 Å². The number of amides is 1. The van der Waals surface area contributed by atoms with Gasteiger partial charge in [-0.1, -0.05) is 43.2 Å². The largest absolute Gasteiger partial charge is 0.435 e. The van der Waals surface area contributed by atoms with Gasteiger partial charge in [-0.2, -0.15) is 0 Å². The molecule has 1 amide bonds. The molecule has 15 nitrogen and oxygen atoms in total. The number of nitrogens with zero attached hydrogens (tertiary/aromatic N) is 4. The van der Waals surface area contributed by atoms with Gasteiger partial charge in [-0.15, -0.1) is 0 Å². The number of nitrogens with two attached hydrogens (primary N) is 3. The molecule has 6 atom stereocenters. The van der Waals surface area contributed by atoms with Crippen molar-refractivity contribution in [3.05, 3.63) is 48.5 Å². The first-order chi connectivity index (χ1) is 19.7. The zero-order valence-corrected chi connectivity index (χ0v) is 23.4. The number of carbonyl (C=O) groups is 1. The molecule has 1 aromatic carbocycles. The molecular weight excluding hydrogens is 555 g/mol. The summed E-state index contributed by atoms with van der Waals surface area (Å²) in [7, 11) is -4.25. The summed E-state index contributed by atoms with van der Waals surface area (Å²) < 4.78 is 32.0. The predicted molar refractivity (Wildman–Crippen MR) is 149 cm³/mol. The highest BCUT2D eigenvalue weighted by Crippen LogP contribution is 2.45. The van der Waals surface area contributed by atoms with E-state index in [1.807, 2.05) is 30.3 Å². The summed E-state index contributed by atoms with van der Waals surface area (Å²) in [4.78, 5) is 25.0. The van der Waals surface area contributed by atoms with Gasteiger partial charge in [-0.25, -0.2) is 19.5 Å². The van der Waals surface area contributed by atoms with Crippen LogP contribution in [-0.4, -0.2) is 79.8 Å². The number of nitrogens with one attached hydrogen (secondary N) is 1. The van der Waals surface area contributed by atoms with Gasteiger partial charge in [0.15, 0.2) is 17.7 Å². The molecule has 224 valence electrons. The summed E-state index contributed by atoms with van der Waals surface area (Å²) in [6.45, 7) is 0.137. The molecule has 0 saturated carbocycles. The number of imidazole rings is 1. The molecule has 2 aromatic heterocycles. The molecule has 1 unspecified atom stereocenters. The lowest BCUT2D eigenvalue weighted by atomic mass is 10.1. The van der Waals surface area contributed by atoms with Crippen molar-refractivity contribution in [3.8, 4) is 0 Å². The maximum absolute atomic E-state index is 13.6. The second-order valence-corrected chi connectivity index (χ2v) is 11.5. The average Bonchev–Trinajstić information content (AvgIpc) is 3.51. The number of aromatic nitrogens is 4. The van der Waals surface area contributed by atoms with Crippen molar-refractivity contribution in [1.29, 1.82) is 0 Å². The van der Waals surface area contributed by atoms with Crippen molar-refractivity contribution in [2.45, 2.75) is 62.7 Å². The number of ether oxygens (including phenoxy) is 1. The van der Waals surface area contributed by atoms with Crippen molar-refractivity contribution in [1.82, 2.24) is 24.6 Å². The Hall–Kier alpha value is -3.01. The fourth-order valence-corrected chi connectivity index (χ4v) is 5.74. The van der Waals surface area contributed by atoms with Crippen LogP contribution < -0.4 is 22.3 Å². The van der Waals surface area contributed by atoms with E-state index >= 15 is 0 Å². The van der Waals surface area contributed by atoms with Gasteiger partial charge in [0, 0.05) is 0 Å². The molecule has 4 rings (SSSR count). The van der Waals surface area contributed by atoms with Crippen LogP contribution in [-0.2, 0) is 29.6 Å². The maximum Gasteiger partial charge on any atom is 0.435 e. The maximum atomic E-state index is 13.6. The van der Waals surface area contributed by atoms with Gasteiger partial charge in [-0.05, 0) is 31.4 Å². The van der Waals surface area contributed by atoms with Gasteiger partial charge in [-0.3, -0.25) is 23.5 Å². The molecule has 0 radical (unpaired) electrons.